The van der Waals surface area contributed by atoms with Crippen molar-refractivity contribution >= 4 is 11.0 Å². The molecule has 0 aliphatic carbocycles. The van der Waals surface area contributed by atoms with Crippen LogP contribution in [0.4, 0.5) is 8.78 Å². The van der Waals surface area contributed by atoms with Gasteiger partial charge in [0.1, 0.15) is 11.3 Å². The van der Waals surface area contributed by atoms with Gasteiger partial charge in [0.05, 0.1) is 17.4 Å². The largest absolute Gasteiger partial charge is 0.507 e. The van der Waals surface area contributed by atoms with E-state index >= 15 is 0 Å². The van der Waals surface area contributed by atoms with Crippen LogP contribution in [-0.2, 0) is 0 Å². The van der Waals surface area contributed by atoms with E-state index < -0.39 is 17.7 Å². The summed E-state index contributed by atoms with van der Waals surface area (Å²) in [5.74, 6) is -0.422. The lowest BCUT2D eigenvalue weighted by Crippen LogP contribution is -1.87. The van der Waals surface area contributed by atoms with E-state index in [1.165, 1.54) is 18.5 Å². The monoisotopic (exact) mass is 184 g/mol. The second-order valence-electron chi connectivity index (χ2n) is 2.60. The molecule has 1 aromatic carbocycles. The van der Waals surface area contributed by atoms with Crippen molar-refractivity contribution in [3.8, 4) is 5.75 Å². The molecule has 0 aliphatic rings. The van der Waals surface area contributed by atoms with E-state index in [2.05, 4.69) is 9.97 Å². The number of H-pyrrole nitrogens is 1. The molecule has 0 saturated heterocycles. The van der Waals surface area contributed by atoms with Crippen LogP contribution in [0.15, 0.2) is 18.5 Å². The molecule has 13 heavy (non-hydrogen) atoms. The highest BCUT2D eigenvalue weighted by atomic mass is 19.3. The van der Waals surface area contributed by atoms with Crippen LogP contribution in [0.1, 0.15) is 12.0 Å². The second-order valence-corrected chi connectivity index (χ2v) is 2.60. The molecule has 2 aromatic rings. The molecule has 2 N–H and O–H groups in total. The van der Waals surface area contributed by atoms with Gasteiger partial charge in [-0.15, -0.1) is 0 Å². The van der Waals surface area contributed by atoms with Crippen molar-refractivity contribution in [1.29, 1.82) is 0 Å². The first-order chi connectivity index (χ1) is 6.20. The highest BCUT2D eigenvalue weighted by molar-refractivity contribution is 5.80. The third kappa shape index (κ3) is 1.12. The fourth-order valence-corrected chi connectivity index (χ4v) is 1.23. The van der Waals surface area contributed by atoms with Crippen molar-refractivity contribution in [2.45, 2.75) is 6.43 Å². The maximum Gasteiger partial charge on any atom is 0.269 e. The van der Waals surface area contributed by atoms with Gasteiger partial charge in [0.2, 0.25) is 0 Å². The quantitative estimate of drug-likeness (QED) is 0.713. The number of benzene rings is 1. The SMILES string of the molecule is Oc1ccc2[nH]cnc2c1C(F)F. The topological polar surface area (TPSA) is 48.9 Å². The minimum atomic E-state index is -2.72. The summed E-state index contributed by atoms with van der Waals surface area (Å²) in [6, 6.07) is 2.73. The van der Waals surface area contributed by atoms with E-state index in [1.807, 2.05) is 0 Å². The fraction of sp³-hybridized carbons (Fsp3) is 0.125. The number of imidazole rings is 1. The van der Waals surface area contributed by atoms with Crippen LogP contribution >= 0.6 is 0 Å². The summed E-state index contributed by atoms with van der Waals surface area (Å²) in [6.07, 6.45) is -1.40. The van der Waals surface area contributed by atoms with Gasteiger partial charge >= 0.3 is 0 Å². The van der Waals surface area contributed by atoms with Gasteiger partial charge in [-0.3, -0.25) is 0 Å². The number of aromatic hydroxyl groups is 1. The molecule has 2 rings (SSSR count). The van der Waals surface area contributed by atoms with Gasteiger partial charge in [0.15, 0.2) is 0 Å². The summed E-state index contributed by atoms with van der Waals surface area (Å²) in [4.78, 5) is 6.39. The maximum absolute atomic E-state index is 12.4. The number of nitrogens with zero attached hydrogens (tertiary/aromatic N) is 1. The van der Waals surface area contributed by atoms with Gasteiger partial charge < -0.3 is 10.1 Å². The Bertz CT molecular complexity index is 439. The molecule has 1 aromatic heterocycles. The van der Waals surface area contributed by atoms with Gasteiger partial charge in [-0.05, 0) is 12.1 Å². The van der Waals surface area contributed by atoms with Gasteiger partial charge in [0, 0.05) is 0 Å². The van der Waals surface area contributed by atoms with E-state index in [1.54, 1.807) is 0 Å². The number of fused-ring (bicyclic) bond motifs is 1. The Morgan fingerprint density at radius 2 is 2.15 bits per heavy atom. The molecule has 0 spiro atoms. The lowest BCUT2D eigenvalue weighted by molar-refractivity contribution is 0.149. The minimum absolute atomic E-state index is 0.120. The minimum Gasteiger partial charge on any atom is -0.507 e. The Labute approximate surface area is 72.0 Å². The molecule has 0 unspecified atom stereocenters. The number of aromatic nitrogens is 2. The molecule has 0 atom stereocenters. The van der Waals surface area contributed by atoms with Crippen LogP contribution in [0, 0.1) is 0 Å². The molecule has 0 fully saturated rings. The predicted octanol–water partition coefficient (Wildman–Crippen LogP) is 2.21. The number of rotatable bonds is 1. The zero-order valence-electron chi connectivity index (χ0n) is 6.46. The van der Waals surface area contributed by atoms with E-state index in [4.69, 9.17) is 5.11 Å². The van der Waals surface area contributed by atoms with E-state index in [0.29, 0.717) is 5.52 Å². The lowest BCUT2D eigenvalue weighted by Gasteiger charge is -2.02. The van der Waals surface area contributed by atoms with Crippen LogP contribution in [0.5, 0.6) is 5.75 Å². The van der Waals surface area contributed by atoms with Crippen LogP contribution in [-0.4, -0.2) is 15.1 Å². The number of phenols is 1. The Morgan fingerprint density at radius 3 is 2.85 bits per heavy atom. The van der Waals surface area contributed by atoms with E-state index in [0.717, 1.165) is 0 Å². The summed E-state index contributed by atoms with van der Waals surface area (Å²) in [6.45, 7) is 0. The molecule has 0 radical (unpaired) electrons. The average molecular weight is 184 g/mol. The zero-order valence-corrected chi connectivity index (χ0v) is 6.46. The highest BCUT2D eigenvalue weighted by Crippen LogP contribution is 2.33. The molecular formula is C8H6F2N2O. The number of alkyl halides is 2. The first-order valence-electron chi connectivity index (χ1n) is 3.63. The standard InChI is InChI=1S/C8H6F2N2O/c9-8(10)6-5(13)2-1-4-7(6)12-3-11-4/h1-3,8,13H,(H,11,12). The van der Waals surface area contributed by atoms with Crippen LogP contribution < -0.4 is 0 Å². The fourth-order valence-electron chi connectivity index (χ4n) is 1.23. The second kappa shape index (κ2) is 2.69. The molecule has 0 aliphatic heterocycles. The Kier molecular flexibility index (Phi) is 1.65. The summed E-state index contributed by atoms with van der Waals surface area (Å²) >= 11 is 0. The third-order valence-corrected chi connectivity index (χ3v) is 1.83. The van der Waals surface area contributed by atoms with Gasteiger partial charge in [-0.2, -0.15) is 0 Å². The lowest BCUT2D eigenvalue weighted by atomic mass is 10.1. The third-order valence-electron chi connectivity index (χ3n) is 1.83. The molecule has 5 heteroatoms. The van der Waals surface area contributed by atoms with E-state index in [-0.39, 0.29) is 5.52 Å². The molecule has 3 nitrogen and oxygen atoms in total. The Morgan fingerprint density at radius 1 is 1.38 bits per heavy atom. The van der Waals surface area contributed by atoms with Crippen molar-refractivity contribution in [3.05, 3.63) is 24.0 Å². The summed E-state index contributed by atoms with van der Waals surface area (Å²) in [7, 11) is 0. The van der Waals surface area contributed by atoms with Gasteiger partial charge in [0.25, 0.3) is 6.43 Å². The van der Waals surface area contributed by atoms with Crippen molar-refractivity contribution in [1.82, 2.24) is 9.97 Å². The van der Waals surface area contributed by atoms with Crippen molar-refractivity contribution in [2.24, 2.45) is 0 Å². The van der Waals surface area contributed by atoms with Crippen LogP contribution in [0.3, 0.4) is 0 Å². The molecule has 0 saturated carbocycles. The number of aromatic amines is 1. The first kappa shape index (κ1) is 7.97. The van der Waals surface area contributed by atoms with Gasteiger partial charge in [-0.25, -0.2) is 13.8 Å². The Hall–Kier alpha value is -1.65. The smallest absolute Gasteiger partial charge is 0.269 e. The molecule has 0 bridgehead atoms. The summed E-state index contributed by atoms with van der Waals surface area (Å²) < 4.78 is 24.8. The number of hydrogen-bond acceptors (Lipinski definition) is 2. The van der Waals surface area contributed by atoms with Crippen molar-refractivity contribution in [2.75, 3.05) is 0 Å². The van der Waals surface area contributed by atoms with Gasteiger partial charge in [-0.1, -0.05) is 0 Å². The number of hydrogen-bond donors (Lipinski definition) is 2. The molecular weight excluding hydrogens is 178 g/mol. The summed E-state index contributed by atoms with van der Waals surface area (Å²) in [5.41, 5.74) is 0.196. The molecule has 0 amide bonds. The number of phenolic OH excluding ortho intramolecular Hbond substituents is 1. The zero-order chi connectivity index (χ0) is 9.42. The van der Waals surface area contributed by atoms with E-state index in [9.17, 15) is 8.78 Å². The average Bonchev–Trinajstić information content (AvgIpc) is 2.50. The molecule has 1 heterocycles. The predicted molar refractivity (Wildman–Crippen MR) is 42.7 cm³/mol. The molecule has 68 valence electrons. The number of nitrogens with one attached hydrogen (secondary N) is 1. The summed E-state index contributed by atoms with van der Waals surface area (Å²) in [5, 5.41) is 9.16. The maximum atomic E-state index is 12.4. The van der Waals surface area contributed by atoms with Crippen molar-refractivity contribution < 1.29 is 13.9 Å². The van der Waals surface area contributed by atoms with Crippen LogP contribution in [0.25, 0.3) is 11.0 Å². The van der Waals surface area contributed by atoms with Crippen LogP contribution in [0.2, 0.25) is 0 Å². The highest BCUT2D eigenvalue weighted by Gasteiger charge is 2.17. The number of halogens is 2. The first-order valence-corrected chi connectivity index (χ1v) is 3.63. The van der Waals surface area contributed by atoms with Crippen molar-refractivity contribution in [3.63, 3.8) is 0 Å². The Balaban J connectivity index is 2.80. The normalized spacial score (nSPS) is 11.3.